The molecule has 0 aromatic rings. The third kappa shape index (κ3) is 2.19. The van der Waals surface area contributed by atoms with Crippen LogP contribution in [0.1, 0.15) is 65.2 Å². The second-order valence-corrected chi connectivity index (χ2v) is 9.70. The number of nitrogens with one attached hydrogen (secondary N) is 1. The Hall–Kier alpha value is -0.120. The summed E-state index contributed by atoms with van der Waals surface area (Å²) in [6.45, 7) is 4.84. The Labute approximate surface area is 141 Å². The Balaban J connectivity index is 1.61. The second kappa shape index (κ2) is 5.44. The summed E-state index contributed by atoms with van der Waals surface area (Å²) in [5.74, 6) is 3.02. The van der Waals surface area contributed by atoms with Crippen molar-refractivity contribution in [1.29, 1.82) is 0 Å². The van der Waals surface area contributed by atoms with Gasteiger partial charge >= 0.3 is 0 Å². The summed E-state index contributed by atoms with van der Waals surface area (Å²) >= 11 is 0. The molecule has 0 aromatic carbocycles. The SMILES string of the molecule is CNC1CC2CC[C@@H]3[C@@H](CC[C@]4(C)C(O)CC[C@@H]34)[C@@]2(C)CC1O. The molecule has 132 valence electrons. The molecule has 0 aliphatic heterocycles. The van der Waals surface area contributed by atoms with Gasteiger partial charge in [-0.15, -0.1) is 0 Å². The molecule has 4 fully saturated rings. The predicted molar refractivity (Wildman–Crippen MR) is 92.0 cm³/mol. The highest BCUT2D eigenvalue weighted by Gasteiger charge is 2.60. The van der Waals surface area contributed by atoms with Crippen LogP contribution in [0.4, 0.5) is 0 Å². The maximum absolute atomic E-state index is 10.6. The minimum absolute atomic E-state index is 0.0791. The van der Waals surface area contributed by atoms with E-state index in [1.807, 2.05) is 7.05 Å². The first kappa shape index (κ1) is 16.4. The number of aliphatic hydroxyl groups excluding tert-OH is 2. The van der Waals surface area contributed by atoms with Crippen molar-refractivity contribution in [2.45, 2.75) is 83.5 Å². The molecule has 0 radical (unpaired) electrons. The first-order valence-corrected chi connectivity index (χ1v) is 9.93. The molecule has 4 aliphatic carbocycles. The molecular formula is C20H35NO2. The molecule has 0 saturated heterocycles. The Bertz CT molecular complexity index is 469. The molecule has 0 bridgehead atoms. The van der Waals surface area contributed by atoms with E-state index < -0.39 is 0 Å². The number of hydrogen-bond donors (Lipinski definition) is 3. The van der Waals surface area contributed by atoms with E-state index in [0.717, 1.165) is 37.0 Å². The van der Waals surface area contributed by atoms with Crippen LogP contribution < -0.4 is 5.32 Å². The molecule has 9 atom stereocenters. The van der Waals surface area contributed by atoms with Gasteiger partial charge in [-0.3, -0.25) is 0 Å². The Kier molecular flexibility index (Phi) is 3.87. The molecule has 0 aromatic heterocycles. The topological polar surface area (TPSA) is 52.5 Å². The van der Waals surface area contributed by atoms with Crippen LogP contribution in [0.15, 0.2) is 0 Å². The van der Waals surface area contributed by atoms with Crippen LogP contribution in [0.3, 0.4) is 0 Å². The summed E-state index contributed by atoms with van der Waals surface area (Å²) in [4.78, 5) is 0. The quantitative estimate of drug-likeness (QED) is 0.696. The molecule has 0 spiro atoms. The van der Waals surface area contributed by atoms with E-state index in [9.17, 15) is 10.2 Å². The largest absolute Gasteiger partial charge is 0.393 e. The molecule has 4 unspecified atom stereocenters. The van der Waals surface area contributed by atoms with Gasteiger partial charge in [-0.1, -0.05) is 13.8 Å². The standard InChI is InChI=1S/C20H35NO2/c1-19-9-8-15-13(14(19)6-7-18(19)23)5-4-12-10-16(21-3)17(22)11-20(12,15)2/h12-18,21-23H,4-11H2,1-3H3/t12?,13-,14-,15+,16?,17?,18?,19-,20-/m0/s1. The van der Waals surface area contributed by atoms with E-state index in [0.29, 0.717) is 11.3 Å². The minimum atomic E-state index is -0.192. The van der Waals surface area contributed by atoms with E-state index in [1.54, 1.807) is 0 Å². The van der Waals surface area contributed by atoms with Crippen molar-refractivity contribution in [2.75, 3.05) is 7.05 Å². The van der Waals surface area contributed by atoms with Crippen molar-refractivity contribution in [3.05, 3.63) is 0 Å². The van der Waals surface area contributed by atoms with Gasteiger partial charge < -0.3 is 15.5 Å². The molecule has 3 N–H and O–H groups in total. The fraction of sp³-hybridized carbons (Fsp3) is 1.00. The average Bonchev–Trinajstić information content (AvgIpc) is 2.82. The van der Waals surface area contributed by atoms with Crippen LogP contribution >= 0.6 is 0 Å². The van der Waals surface area contributed by atoms with Crippen molar-refractivity contribution in [3.8, 4) is 0 Å². The lowest BCUT2D eigenvalue weighted by Crippen LogP contribution is -2.58. The number of rotatable bonds is 1. The molecule has 4 aliphatic rings. The molecular weight excluding hydrogens is 286 g/mol. The maximum Gasteiger partial charge on any atom is 0.0698 e. The number of hydrogen-bond acceptors (Lipinski definition) is 3. The molecule has 0 amide bonds. The van der Waals surface area contributed by atoms with E-state index >= 15 is 0 Å². The summed E-state index contributed by atoms with van der Waals surface area (Å²) < 4.78 is 0. The van der Waals surface area contributed by atoms with Crippen LogP contribution in [0.2, 0.25) is 0 Å². The number of aliphatic hydroxyl groups is 2. The summed E-state index contributed by atoms with van der Waals surface area (Å²) in [6.07, 6.45) is 9.20. The summed E-state index contributed by atoms with van der Waals surface area (Å²) in [5.41, 5.74) is 0.482. The first-order chi connectivity index (χ1) is 10.9. The lowest BCUT2D eigenvalue weighted by atomic mass is 9.44. The Morgan fingerprint density at radius 1 is 0.913 bits per heavy atom. The zero-order valence-electron chi connectivity index (χ0n) is 15.1. The van der Waals surface area contributed by atoms with Gasteiger partial charge in [0.25, 0.3) is 0 Å². The van der Waals surface area contributed by atoms with E-state index in [4.69, 9.17) is 0 Å². The highest BCUT2D eigenvalue weighted by Crippen LogP contribution is 2.66. The maximum atomic E-state index is 10.6. The highest BCUT2D eigenvalue weighted by molar-refractivity contribution is 5.10. The normalized spacial score (nSPS) is 59.1. The fourth-order valence-corrected chi connectivity index (χ4v) is 7.58. The van der Waals surface area contributed by atoms with Gasteiger partial charge in [0.1, 0.15) is 0 Å². The Morgan fingerprint density at radius 2 is 1.65 bits per heavy atom. The summed E-state index contributed by atoms with van der Waals surface area (Å²) in [6, 6.07) is 0.284. The van der Waals surface area contributed by atoms with Gasteiger partial charge in [0.15, 0.2) is 0 Å². The molecule has 23 heavy (non-hydrogen) atoms. The van der Waals surface area contributed by atoms with Crippen LogP contribution in [0.5, 0.6) is 0 Å². The van der Waals surface area contributed by atoms with Gasteiger partial charge in [-0.2, -0.15) is 0 Å². The molecule has 3 heteroatoms. The zero-order chi connectivity index (χ0) is 16.4. The van der Waals surface area contributed by atoms with Gasteiger partial charge in [-0.25, -0.2) is 0 Å². The van der Waals surface area contributed by atoms with Crippen molar-refractivity contribution in [3.63, 3.8) is 0 Å². The lowest BCUT2D eigenvalue weighted by Gasteiger charge is -2.61. The smallest absolute Gasteiger partial charge is 0.0698 e. The van der Waals surface area contributed by atoms with Gasteiger partial charge in [0.2, 0.25) is 0 Å². The molecule has 4 saturated carbocycles. The summed E-state index contributed by atoms with van der Waals surface area (Å²) in [5, 5.41) is 24.5. The van der Waals surface area contributed by atoms with Gasteiger partial charge in [0, 0.05) is 6.04 Å². The third-order valence-corrected chi connectivity index (χ3v) is 9.04. The first-order valence-electron chi connectivity index (χ1n) is 9.93. The molecule has 4 rings (SSSR count). The van der Waals surface area contributed by atoms with Gasteiger partial charge in [-0.05, 0) is 92.9 Å². The highest BCUT2D eigenvalue weighted by atomic mass is 16.3. The van der Waals surface area contributed by atoms with Crippen molar-refractivity contribution < 1.29 is 10.2 Å². The number of likely N-dealkylation sites (N-methyl/N-ethyl adjacent to an activating group) is 1. The van der Waals surface area contributed by atoms with E-state index in [2.05, 4.69) is 19.2 Å². The van der Waals surface area contributed by atoms with Crippen molar-refractivity contribution in [2.24, 2.45) is 34.5 Å². The monoisotopic (exact) mass is 321 g/mol. The average molecular weight is 322 g/mol. The third-order valence-electron chi connectivity index (χ3n) is 9.04. The van der Waals surface area contributed by atoms with E-state index in [-0.39, 0.29) is 23.7 Å². The lowest BCUT2D eigenvalue weighted by molar-refractivity contribution is -0.143. The van der Waals surface area contributed by atoms with Gasteiger partial charge in [0.05, 0.1) is 12.2 Å². The fourth-order valence-electron chi connectivity index (χ4n) is 7.58. The number of fused-ring (bicyclic) bond motifs is 5. The molecule has 0 heterocycles. The second-order valence-electron chi connectivity index (χ2n) is 9.70. The van der Waals surface area contributed by atoms with Crippen LogP contribution in [-0.4, -0.2) is 35.5 Å². The van der Waals surface area contributed by atoms with Crippen LogP contribution in [0, 0.1) is 34.5 Å². The minimum Gasteiger partial charge on any atom is -0.393 e. The van der Waals surface area contributed by atoms with Crippen molar-refractivity contribution in [1.82, 2.24) is 5.32 Å². The van der Waals surface area contributed by atoms with Crippen LogP contribution in [0.25, 0.3) is 0 Å². The van der Waals surface area contributed by atoms with Crippen LogP contribution in [-0.2, 0) is 0 Å². The van der Waals surface area contributed by atoms with E-state index in [1.165, 1.54) is 32.1 Å². The Morgan fingerprint density at radius 3 is 2.39 bits per heavy atom. The zero-order valence-corrected chi connectivity index (χ0v) is 15.1. The summed E-state index contributed by atoms with van der Waals surface area (Å²) in [7, 11) is 1.99. The predicted octanol–water partition coefficient (Wildman–Crippen LogP) is 2.95. The molecule has 3 nitrogen and oxygen atoms in total. The van der Waals surface area contributed by atoms with Crippen molar-refractivity contribution >= 4 is 0 Å².